The van der Waals surface area contributed by atoms with E-state index in [1.807, 2.05) is 0 Å². The normalized spacial score (nSPS) is 33.5. The molecule has 1 heterocycles. The number of rotatable bonds is 1. The molecule has 1 aliphatic heterocycles. The zero-order valence-corrected chi connectivity index (χ0v) is 9.08. The minimum atomic E-state index is -0.258. The van der Waals surface area contributed by atoms with E-state index in [2.05, 4.69) is 18.6 Å². The molecule has 2 aliphatic rings. The molecular formula is C13H16O2. The molecule has 15 heavy (non-hydrogen) atoms. The molecule has 1 unspecified atom stereocenters. The first kappa shape index (κ1) is 10.6. The van der Waals surface area contributed by atoms with E-state index in [0.29, 0.717) is 0 Å². The second kappa shape index (κ2) is 4.31. The molecule has 0 aromatic rings. The van der Waals surface area contributed by atoms with Crippen LogP contribution in [0.1, 0.15) is 32.6 Å². The van der Waals surface area contributed by atoms with Crippen LogP contribution in [0.2, 0.25) is 0 Å². The molecule has 1 saturated carbocycles. The number of carbonyl (C=O) groups excluding carboxylic acids is 1. The molecule has 1 fully saturated rings. The topological polar surface area (TPSA) is 26.3 Å². The molecule has 0 amide bonds. The summed E-state index contributed by atoms with van der Waals surface area (Å²) in [7, 11) is 0. The van der Waals surface area contributed by atoms with Crippen LogP contribution in [-0.4, -0.2) is 18.0 Å². The lowest BCUT2D eigenvalue weighted by atomic mass is 9.80. The Balaban J connectivity index is 1.99. The largest absolute Gasteiger partial charge is 0.370 e. The lowest BCUT2D eigenvalue weighted by molar-refractivity contribution is -0.112. The Kier molecular flexibility index (Phi) is 3.06. The molecule has 1 spiro atoms. The Morgan fingerprint density at radius 2 is 2.53 bits per heavy atom. The highest BCUT2D eigenvalue weighted by Crippen LogP contribution is 2.36. The molecule has 2 heteroatoms. The monoisotopic (exact) mass is 204 g/mol. The highest BCUT2D eigenvalue weighted by molar-refractivity contribution is 5.88. The van der Waals surface area contributed by atoms with Gasteiger partial charge in [-0.15, -0.1) is 0 Å². The first-order chi connectivity index (χ1) is 7.20. The molecule has 80 valence electrons. The molecule has 1 atom stereocenters. The van der Waals surface area contributed by atoms with E-state index in [0.717, 1.165) is 32.3 Å². The summed E-state index contributed by atoms with van der Waals surface area (Å²) in [5.41, 5.74) is 0.955. The predicted molar refractivity (Wildman–Crippen MR) is 58.0 cm³/mol. The van der Waals surface area contributed by atoms with Crippen LogP contribution in [-0.2, 0) is 9.53 Å². The van der Waals surface area contributed by atoms with Gasteiger partial charge in [0, 0.05) is 6.42 Å². The van der Waals surface area contributed by atoms with Gasteiger partial charge >= 0.3 is 0 Å². The van der Waals surface area contributed by atoms with Crippen LogP contribution < -0.4 is 0 Å². The van der Waals surface area contributed by atoms with Gasteiger partial charge in [0.25, 0.3) is 0 Å². The molecule has 2 nitrogen and oxygen atoms in total. The molecule has 1 aliphatic carbocycles. The van der Waals surface area contributed by atoms with E-state index in [-0.39, 0.29) is 11.4 Å². The van der Waals surface area contributed by atoms with Crippen molar-refractivity contribution in [3.8, 4) is 0 Å². The van der Waals surface area contributed by atoms with Crippen LogP contribution in [0, 0.1) is 12.5 Å². The van der Waals surface area contributed by atoms with E-state index in [4.69, 9.17) is 4.74 Å². The molecule has 2 radical (unpaired) electrons. The van der Waals surface area contributed by atoms with Crippen molar-refractivity contribution < 1.29 is 9.53 Å². The molecule has 0 aromatic heterocycles. The summed E-state index contributed by atoms with van der Waals surface area (Å²) >= 11 is 0. The first-order valence-corrected chi connectivity index (χ1v) is 5.48. The number of ketones is 1. The third-order valence-electron chi connectivity index (χ3n) is 2.89. The predicted octanol–water partition coefficient (Wildman–Crippen LogP) is 2.41. The van der Waals surface area contributed by atoms with Crippen LogP contribution in [0.5, 0.6) is 0 Å². The fourth-order valence-electron chi connectivity index (χ4n) is 2.11. The fraction of sp³-hybridized carbons (Fsp3) is 0.538. The van der Waals surface area contributed by atoms with E-state index in [1.54, 1.807) is 13.0 Å². The molecule has 0 bridgehead atoms. The maximum Gasteiger partial charge on any atom is 0.152 e. The van der Waals surface area contributed by atoms with Crippen LogP contribution in [0.3, 0.4) is 0 Å². The summed E-state index contributed by atoms with van der Waals surface area (Å²) in [5.74, 6) is 0.137. The van der Waals surface area contributed by atoms with Gasteiger partial charge in [0.2, 0.25) is 0 Å². The Hall–Kier alpha value is -0.890. The lowest BCUT2D eigenvalue weighted by Crippen LogP contribution is -2.36. The summed E-state index contributed by atoms with van der Waals surface area (Å²) in [6.07, 6.45) is 12.9. The van der Waals surface area contributed by atoms with Crippen molar-refractivity contribution in [2.45, 2.75) is 38.2 Å². The summed E-state index contributed by atoms with van der Waals surface area (Å²) in [5, 5.41) is 0. The highest BCUT2D eigenvalue weighted by atomic mass is 16.5. The van der Waals surface area contributed by atoms with Gasteiger partial charge < -0.3 is 4.74 Å². The van der Waals surface area contributed by atoms with Crippen molar-refractivity contribution in [1.82, 2.24) is 0 Å². The van der Waals surface area contributed by atoms with Gasteiger partial charge in [0.1, 0.15) is 0 Å². The Morgan fingerprint density at radius 3 is 3.07 bits per heavy atom. The Morgan fingerprint density at radius 1 is 1.67 bits per heavy atom. The number of hydrogen-bond donors (Lipinski definition) is 0. The van der Waals surface area contributed by atoms with Crippen LogP contribution in [0.25, 0.3) is 0 Å². The van der Waals surface area contributed by atoms with Gasteiger partial charge in [0.05, 0.1) is 12.2 Å². The van der Waals surface area contributed by atoms with E-state index in [9.17, 15) is 4.79 Å². The van der Waals surface area contributed by atoms with Gasteiger partial charge in [-0.25, -0.2) is 0 Å². The third kappa shape index (κ3) is 2.57. The summed E-state index contributed by atoms with van der Waals surface area (Å²) in [6, 6.07) is 0. The number of carbonyl (C=O) groups is 1. The highest BCUT2D eigenvalue weighted by Gasteiger charge is 2.33. The zero-order valence-electron chi connectivity index (χ0n) is 9.08. The smallest absolute Gasteiger partial charge is 0.152 e. The SMILES string of the molecule is CC(=O)/C=C1/C[CH]C2([C]=CCCO2)CC1. The second-order valence-electron chi connectivity index (χ2n) is 4.20. The maximum absolute atomic E-state index is 10.9. The molecular weight excluding hydrogens is 188 g/mol. The average Bonchev–Trinajstić information content (AvgIpc) is 2.23. The minimum Gasteiger partial charge on any atom is -0.370 e. The number of hydrogen-bond acceptors (Lipinski definition) is 2. The average molecular weight is 204 g/mol. The van der Waals surface area contributed by atoms with Gasteiger partial charge in [-0.2, -0.15) is 0 Å². The lowest BCUT2D eigenvalue weighted by Gasteiger charge is -2.36. The van der Waals surface area contributed by atoms with Crippen molar-refractivity contribution >= 4 is 5.78 Å². The van der Waals surface area contributed by atoms with Crippen molar-refractivity contribution in [3.05, 3.63) is 30.2 Å². The van der Waals surface area contributed by atoms with Crippen molar-refractivity contribution in [2.75, 3.05) is 6.61 Å². The molecule has 0 aromatic carbocycles. The maximum atomic E-state index is 10.9. The standard InChI is InChI=1S/C13H16O2/c1-11(14)10-12-4-7-13(8-5-12)6-2-3-9-15-13/h2,7,10H,3-5,8-9H2,1H3/b12-10-. The fourth-order valence-corrected chi connectivity index (χ4v) is 2.11. The van der Waals surface area contributed by atoms with E-state index in [1.165, 1.54) is 5.57 Å². The first-order valence-electron chi connectivity index (χ1n) is 5.48. The van der Waals surface area contributed by atoms with E-state index >= 15 is 0 Å². The molecule has 0 N–H and O–H groups in total. The molecule has 2 rings (SSSR count). The van der Waals surface area contributed by atoms with Gasteiger partial charge in [-0.1, -0.05) is 11.6 Å². The Labute approximate surface area is 91.0 Å². The van der Waals surface area contributed by atoms with Crippen molar-refractivity contribution in [2.24, 2.45) is 0 Å². The molecule has 0 saturated heterocycles. The van der Waals surface area contributed by atoms with Gasteiger partial charge in [-0.3, -0.25) is 4.79 Å². The Bertz CT molecular complexity index is 302. The number of allylic oxidation sites excluding steroid dienone is 2. The van der Waals surface area contributed by atoms with Crippen LogP contribution in [0.15, 0.2) is 17.7 Å². The summed E-state index contributed by atoms with van der Waals surface area (Å²) in [6.45, 7) is 2.38. The quantitative estimate of drug-likeness (QED) is 0.613. The number of ether oxygens (including phenoxy) is 1. The van der Waals surface area contributed by atoms with Gasteiger partial charge in [-0.05, 0) is 44.8 Å². The minimum absolute atomic E-state index is 0.137. The van der Waals surface area contributed by atoms with Crippen molar-refractivity contribution in [1.29, 1.82) is 0 Å². The van der Waals surface area contributed by atoms with Crippen LogP contribution in [0.4, 0.5) is 0 Å². The van der Waals surface area contributed by atoms with Gasteiger partial charge in [0.15, 0.2) is 5.78 Å². The van der Waals surface area contributed by atoms with Crippen molar-refractivity contribution in [3.63, 3.8) is 0 Å². The summed E-state index contributed by atoms with van der Waals surface area (Å²) < 4.78 is 5.75. The van der Waals surface area contributed by atoms with Crippen LogP contribution >= 0.6 is 0 Å². The zero-order chi connectivity index (χ0) is 10.7. The van der Waals surface area contributed by atoms with E-state index < -0.39 is 0 Å². The third-order valence-corrected chi connectivity index (χ3v) is 2.89. The second-order valence-corrected chi connectivity index (χ2v) is 4.20. The summed E-state index contributed by atoms with van der Waals surface area (Å²) in [4.78, 5) is 10.9.